The predicted molar refractivity (Wildman–Crippen MR) is 594 cm³/mol. The highest BCUT2D eigenvalue weighted by Crippen LogP contribution is 2.53. The van der Waals surface area contributed by atoms with Crippen LogP contribution in [0.5, 0.6) is 0 Å². The lowest BCUT2D eigenvalue weighted by Gasteiger charge is -2.17. The third kappa shape index (κ3) is 11.9. The molecule has 0 fully saturated rings. The molecule has 0 amide bonds. The average Bonchev–Trinajstić information content (AvgIpc) is 1.51. The van der Waals surface area contributed by atoms with Gasteiger partial charge in [0.15, 0.2) is 0 Å². The maximum absolute atomic E-state index is 14.9. The summed E-state index contributed by atoms with van der Waals surface area (Å²) < 4.78 is 19.9. The van der Waals surface area contributed by atoms with Gasteiger partial charge in [-0.05, 0) is 158 Å². The number of benzene rings is 19. The van der Waals surface area contributed by atoms with Crippen LogP contribution in [-0.4, -0.2) is 42.4 Å². The highest BCUT2D eigenvalue weighted by Gasteiger charge is 2.30. The van der Waals surface area contributed by atoms with Crippen molar-refractivity contribution in [3.8, 4) is 45.8 Å². The van der Waals surface area contributed by atoms with Gasteiger partial charge in [0.2, 0.25) is 0 Å². The summed E-state index contributed by atoms with van der Waals surface area (Å²) in [6.07, 6.45) is 1.87. The molecule has 0 saturated heterocycles. The molecule has 12 nitrogen and oxygen atoms in total. The molecule has 15 heteroatoms. The van der Waals surface area contributed by atoms with Gasteiger partial charge in [-0.1, -0.05) is 322 Å². The monoisotopic (exact) mass is 1860 g/mol. The lowest BCUT2D eigenvalue weighted by atomic mass is 9.99. The number of nitrogens with zero attached hydrogens (tertiary/aromatic N) is 9. The van der Waals surface area contributed by atoms with Gasteiger partial charge in [0.1, 0.15) is 23.1 Å². The summed E-state index contributed by atoms with van der Waals surface area (Å²) in [4.78, 5) is 58.9. The molecule has 0 bridgehead atoms. The summed E-state index contributed by atoms with van der Waals surface area (Å²) in [6.45, 7) is 0. The Morgan fingerprint density at radius 2 is 0.504 bits per heavy atom. The Kier molecular flexibility index (Phi) is 17.9. The maximum Gasteiger partial charge on any atom is 0.265 e. The number of fused-ring (bicyclic) bond motifs is 39. The SMILES string of the molecule is O=c1c2c(-c3ccccc3)nc(-n3c4ccccc4c4c5ccccc5c5c6ccccc6sc5c43)cc2c2ccccc2n1-c1ccccc1.O=c1c2ccccc2c2cc(-n3c4ccccc4c4c5ccccc5c5c6ccccc6sc5c43)ncc2n1-c1ccccc1.O=c1c2ccccc2c2ccc(-n3c4ccccc4c4c5ccccc5c5c6ccccc6sc5c43)nc2n1-c1ccccc1. The largest absolute Gasteiger partial charge is 0.292 e. The van der Waals surface area contributed by atoms with E-state index in [4.69, 9.17) is 15.0 Å². The smallest absolute Gasteiger partial charge is 0.265 e. The van der Waals surface area contributed by atoms with Crippen LogP contribution in [0.2, 0.25) is 0 Å². The molecule has 0 N–H and O–H groups in total. The van der Waals surface area contributed by atoms with Gasteiger partial charge >= 0.3 is 0 Å². The molecule has 0 aliphatic carbocycles. The predicted octanol–water partition coefficient (Wildman–Crippen LogP) is 32.1. The van der Waals surface area contributed by atoms with Crippen LogP contribution >= 0.6 is 34.0 Å². The van der Waals surface area contributed by atoms with Crippen LogP contribution in [0, 0.1) is 0 Å². The van der Waals surface area contributed by atoms with Crippen LogP contribution in [0.25, 0.3) is 269 Å². The number of pyridine rings is 6. The zero-order chi connectivity index (χ0) is 92.9. The number of aromatic nitrogens is 9. The van der Waals surface area contributed by atoms with E-state index in [1.807, 2.05) is 215 Å². The van der Waals surface area contributed by atoms with Crippen LogP contribution < -0.4 is 16.7 Å². The molecule has 31 aromatic rings. The van der Waals surface area contributed by atoms with E-state index in [0.29, 0.717) is 27.5 Å². The van der Waals surface area contributed by atoms with Crippen molar-refractivity contribution in [3.05, 3.63) is 474 Å². The number of hydrogen-bond acceptors (Lipinski definition) is 9. The molecular weight excluding hydrogens is 1780 g/mol. The van der Waals surface area contributed by atoms with Crippen molar-refractivity contribution in [2.75, 3.05) is 0 Å². The summed E-state index contributed by atoms with van der Waals surface area (Å²) in [7, 11) is 0. The summed E-state index contributed by atoms with van der Waals surface area (Å²) >= 11 is 5.51. The van der Waals surface area contributed by atoms with Crippen LogP contribution in [0.4, 0.5) is 0 Å². The highest BCUT2D eigenvalue weighted by atomic mass is 32.1. The standard InChI is InChI=1S/C46H27N3OS.2C40H23N3OS/c50-46-42-35(30-19-9-12-24-36(30)48(46)29-17-5-2-6-18-29)27-39(47-43(42)28-15-3-1-4-16-28)49-37-25-13-10-22-33(37)40-31-20-7-8-21-32(31)41-34-23-11-14-26-38(34)51-45(41)44(40)49;44-40-28-17-7-4-14-25(28)31-22-35(41-23-33(31)42(40)24-12-2-1-3-13-24)43-32-20-10-8-18-29(32)36-26-15-5-6-16-27(26)37-30-19-9-11-21-34(30)45-39(37)38(36)43;44-40-29-17-7-4-14-25(29)28-22-23-34(41-39(28)42(40)24-12-2-1-3-13-24)43-32-20-10-8-18-30(32)35-26-15-5-6-16-27(26)36-31-19-9-11-21-33(31)45-38(36)37(35)43/h1-27H;2*1-23H. The molecular formula is C126H73N9O3S3. The third-order valence-corrected chi connectivity index (χ3v) is 32.1. The van der Waals surface area contributed by atoms with Crippen LogP contribution in [0.3, 0.4) is 0 Å². The van der Waals surface area contributed by atoms with Crippen molar-refractivity contribution >= 4 is 257 Å². The van der Waals surface area contributed by atoms with E-state index in [1.165, 1.54) is 131 Å². The molecule has 12 aromatic heterocycles. The molecule has 0 radical (unpaired) electrons. The topological polar surface area (TPSA) is 119 Å². The zero-order valence-electron chi connectivity index (χ0n) is 75.1. The van der Waals surface area contributed by atoms with Crippen LogP contribution in [-0.2, 0) is 0 Å². The van der Waals surface area contributed by atoms with Crippen molar-refractivity contribution in [3.63, 3.8) is 0 Å². The van der Waals surface area contributed by atoms with Gasteiger partial charge < -0.3 is 0 Å². The van der Waals surface area contributed by atoms with E-state index in [2.05, 4.69) is 281 Å². The minimum atomic E-state index is -0.0899. The number of para-hydroxylation sites is 7. The minimum Gasteiger partial charge on any atom is -0.292 e. The second-order valence-corrected chi connectivity index (χ2v) is 39.2. The molecule has 0 spiro atoms. The van der Waals surface area contributed by atoms with Crippen molar-refractivity contribution in [1.82, 2.24) is 42.4 Å². The van der Waals surface area contributed by atoms with E-state index in [1.54, 1.807) is 9.13 Å². The van der Waals surface area contributed by atoms with Gasteiger partial charge in [0, 0.05) is 128 Å². The first-order valence-electron chi connectivity index (χ1n) is 47.2. The molecule has 141 heavy (non-hydrogen) atoms. The fourth-order valence-electron chi connectivity index (χ4n) is 22.7. The number of rotatable bonds is 7. The lowest BCUT2D eigenvalue weighted by molar-refractivity contribution is 1.01. The Bertz CT molecular complexity index is 11000. The quantitative estimate of drug-likeness (QED) is 0.147. The fourth-order valence-corrected chi connectivity index (χ4v) is 26.5. The van der Waals surface area contributed by atoms with Gasteiger partial charge in [-0.3, -0.25) is 41.8 Å². The second-order valence-electron chi connectivity index (χ2n) is 36.0. The maximum atomic E-state index is 14.9. The van der Waals surface area contributed by atoms with Crippen molar-refractivity contribution in [2.24, 2.45) is 0 Å². The first kappa shape index (κ1) is 80.2. The van der Waals surface area contributed by atoms with E-state index < -0.39 is 0 Å². The Balaban J connectivity index is 0.000000102. The average molecular weight is 1860 g/mol. The summed E-state index contributed by atoms with van der Waals surface area (Å²) in [5, 5.41) is 29.9. The Morgan fingerprint density at radius 1 is 0.191 bits per heavy atom. The summed E-state index contributed by atoms with van der Waals surface area (Å²) in [5.41, 5.74) is 12.8. The first-order valence-corrected chi connectivity index (χ1v) is 49.6. The van der Waals surface area contributed by atoms with Crippen molar-refractivity contribution in [2.45, 2.75) is 0 Å². The van der Waals surface area contributed by atoms with Crippen molar-refractivity contribution < 1.29 is 0 Å². The Morgan fingerprint density at radius 3 is 0.943 bits per heavy atom. The molecule has 0 atom stereocenters. The van der Waals surface area contributed by atoms with E-state index in [-0.39, 0.29) is 16.7 Å². The molecule has 658 valence electrons. The molecule has 0 saturated carbocycles. The van der Waals surface area contributed by atoms with Gasteiger partial charge in [0.05, 0.1) is 81.2 Å². The van der Waals surface area contributed by atoms with E-state index in [9.17, 15) is 14.4 Å². The van der Waals surface area contributed by atoms with E-state index in [0.717, 1.165) is 111 Å². The van der Waals surface area contributed by atoms with Gasteiger partial charge in [-0.15, -0.1) is 34.0 Å². The molecule has 0 aliphatic heterocycles. The molecule has 31 rings (SSSR count). The fraction of sp³-hybridized carbons (Fsp3) is 0. The molecule has 0 aliphatic rings. The van der Waals surface area contributed by atoms with Gasteiger partial charge in [-0.2, -0.15) is 0 Å². The highest BCUT2D eigenvalue weighted by molar-refractivity contribution is 7.28. The molecule has 12 heterocycles. The minimum absolute atomic E-state index is 0.0471. The zero-order valence-corrected chi connectivity index (χ0v) is 77.6. The first-order chi connectivity index (χ1) is 69.8. The van der Waals surface area contributed by atoms with Crippen LogP contribution in [0.1, 0.15) is 0 Å². The summed E-state index contributed by atoms with van der Waals surface area (Å²) in [6, 6.07) is 151. The molecule has 19 aromatic carbocycles. The lowest BCUT2D eigenvalue weighted by Crippen LogP contribution is -2.20. The Hall–Kier alpha value is -18.1. The van der Waals surface area contributed by atoms with E-state index >= 15 is 0 Å². The number of thiophene rings is 3. The Labute approximate surface area is 813 Å². The van der Waals surface area contributed by atoms with Crippen molar-refractivity contribution in [1.29, 1.82) is 0 Å². The summed E-state index contributed by atoms with van der Waals surface area (Å²) in [5.74, 6) is 2.39. The normalized spacial score (nSPS) is 12.1. The second kappa shape index (κ2) is 31.5. The molecule has 0 unspecified atom stereocenters. The van der Waals surface area contributed by atoms with Gasteiger partial charge in [-0.25, -0.2) is 15.0 Å². The van der Waals surface area contributed by atoms with Crippen LogP contribution in [0.15, 0.2) is 457 Å². The van der Waals surface area contributed by atoms with Gasteiger partial charge in [0.25, 0.3) is 16.7 Å². The third-order valence-electron chi connectivity index (χ3n) is 28.6. The number of hydrogen-bond donors (Lipinski definition) is 0.